The first-order chi connectivity index (χ1) is 5.93. The lowest BCUT2D eigenvalue weighted by Gasteiger charge is -2.16. The lowest BCUT2D eigenvalue weighted by atomic mass is 10.3. The van der Waals surface area contributed by atoms with Gasteiger partial charge in [-0.15, -0.1) is 13.2 Å². The van der Waals surface area contributed by atoms with E-state index in [0.717, 1.165) is 19.8 Å². The average Bonchev–Trinajstić information content (AvgIpc) is 2.37. The smallest absolute Gasteiger partial charge is 0.0593 e. The van der Waals surface area contributed by atoms with Crippen molar-refractivity contribution in [2.75, 3.05) is 32.8 Å². The molecule has 1 fully saturated rings. The zero-order chi connectivity index (χ0) is 9.23. The molecule has 1 heterocycles. The fraction of sp³-hybridized carbons (Fsp3) is 0.800. The summed E-state index contributed by atoms with van der Waals surface area (Å²) in [6, 6.07) is 0. The molecule has 0 aromatic carbocycles. The fourth-order valence-corrected chi connectivity index (χ4v) is 1.34. The molecular formula is C10H21NO. The molecule has 1 aliphatic heterocycles. The second-order valence-electron chi connectivity index (χ2n) is 2.81. The third-order valence-electron chi connectivity index (χ3n) is 1.85. The van der Waals surface area contributed by atoms with E-state index in [1.807, 2.05) is 0 Å². The molecule has 12 heavy (non-hydrogen) atoms. The first-order valence-electron chi connectivity index (χ1n) is 4.73. The van der Waals surface area contributed by atoms with E-state index in [-0.39, 0.29) is 0 Å². The van der Waals surface area contributed by atoms with Crippen LogP contribution in [0.3, 0.4) is 0 Å². The third kappa shape index (κ3) is 5.33. The molecule has 0 atom stereocenters. The van der Waals surface area contributed by atoms with Crippen LogP contribution >= 0.6 is 0 Å². The molecular weight excluding hydrogens is 150 g/mol. The highest BCUT2D eigenvalue weighted by atomic mass is 16.5. The molecule has 0 saturated carbocycles. The molecule has 2 nitrogen and oxygen atoms in total. The van der Waals surface area contributed by atoms with Crippen LogP contribution in [0.15, 0.2) is 13.2 Å². The lowest BCUT2D eigenvalue weighted by molar-refractivity contribution is 0.141. The Morgan fingerprint density at radius 3 is 2.67 bits per heavy atom. The number of hydrogen-bond acceptors (Lipinski definition) is 2. The van der Waals surface area contributed by atoms with E-state index in [1.54, 1.807) is 0 Å². The van der Waals surface area contributed by atoms with Crippen LogP contribution in [0.5, 0.6) is 0 Å². The van der Waals surface area contributed by atoms with Crippen LogP contribution in [0, 0.1) is 0 Å². The molecule has 0 bridgehead atoms. The summed E-state index contributed by atoms with van der Waals surface area (Å²) in [6.07, 6.45) is 2.47. The van der Waals surface area contributed by atoms with Crippen LogP contribution in [-0.4, -0.2) is 37.7 Å². The maximum atomic E-state index is 5.33. The Balaban J connectivity index is 0.000000561. The quantitative estimate of drug-likeness (QED) is 0.589. The van der Waals surface area contributed by atoms with Gasteiger partial charge in [0.2, 0.25) is 0 Å². The molecule has 0 aromatic rings. The van der Waals surface area contributed by atoms with Crippen LogP contribution < -0.4 is 0 Å². The molecule has 1 aliphatic rings. The maximum Gasteiger partial charge on any atom is 0.0593 e. The second kappa shape index (κ2) is 8.75. The SMILES string of the molecule is C=C.CCCN1CCCOCC1. The molecule has 2 heteroatoms. The normalized spacial score (nSPS) is 19.1. The highest BCUT2D eigenvalue weighted by Gasteiger charge is 2.06. The fourth-order valence-electron chi connectivity index (χ4n) is 1.34. The predicted octanol–water partition coefficient (Wildman–Crippen LogP) is 1.92. The van der Waals surface area contributed by atoms with Gasteiger partial charge in [0.25, 0.3) is 0 Å². The van der Waals surface area contributed by atoms with Crippen molar-refractivity contribution in [2.45, 2.75) is 19.8 Å². The molecule has 0 radical (unpaired) electrons. The molecule has 72 valence electrons. The average molecular weight is 171 g/mol. The minimum Gasteiger partial charge on any atom is -0.380 e. The standard InChI is InChI=1S/C8H17NO.C2H4/c1-2-4-9-5-3-7-10-8-6-9;1-2/h2-8H2,1H3;1-2H2. The van der Waals surface area contributed by atoms with Gasteiger partial charge in [0.15, 0.2) is 0 Å². The largest absolute Gasteiger partial charge is 0.380 e. The molecule has 1 rings (SSSR count). The van der Waals surface area contributed by atoms with Gasteiger partial charge < -0.3 is 9.64 Å². The van der Waals surface area contributed by atoms with E-state index in [9.17, 15) is 0 Å². The van der Waals surface area contributed by atoms with Crippen molar-refractivity contribution < 1.29 is 4.74 Å². The Kier molecular flexibility index (Phi) is 8.51. The summed E-state index contributed by atoms with van der Waals surface area (Å²) in [6.45, 7) is 13.7. The Morgan fingerprint density at radius 2 is 2.00 bits per heavy atom. The van der Waals surface area contributed by atoms with E-state index in [4.69, 9.17) is 4.74 Å². The van der Waals surface area contributed by atoms with Crippen molar-refractivity contribution in [2.24, 2.45) is 0 Å². The molecule has 0 unspecified atom stereocenters. The van der Waals surface area contributed by atoms with E-state index in [1.165, 1.54) is 25.9 Å². The van der Waals surface area contributed by atoms with Gasteiger partial charge in [-0.1, -0.05) is 6.92 Å². The Morgan fingerprint density at radius 1 is 1.25 bits per heavy atom. The molecule has 0 aromatic heterocycles. The molecule has 0 spiro atoms. The van der Waals surface area contributed by atoms with Crippen LogP contribution in [0.4, 0.5) is 0 Å². The summed E-state index contributed by atoms with van der Waals surface area (Å²) in [5.74, 6) is 0. The van der Waals surface area contributed by atoms with Crippen molar-refractivity contribution in [3.63, 3.8) is 0 Å². The maximum absolute atomic E-state index is 5.33. The number of ether oxygens (including phenoxy) is 1. The summed E-state index contributed by atoms with van der Waals surface area (Å²) in [5.41, 5.74) is 0. The van der Waals surface area contributed by atoms with Gasteiger partial charge in [-0.2, -0.15) is 0 Å². The van der Waals surface area contributed by atoms with Crippen molar-refractivity contribution in [3.05, 3.63) is 13.2 Å². The van der Waals surface area contributed by atoms with Crippen molar-refractivity contribution in [3.8, 4) is 0 Å². The van der Waals surface area contributed by atoms with Gasteiger partial charge in [0.05, 0.1) is 6.61 Å². The summed E-state index contributed by atoms with van der Waals surface area (Å²) in [5, 5.41) is 0. The number of hydrogen-bond donors (Lipinski definition) is 0. The van der Waals surface area contributed by atoms with E-state index in [0.29, 0.717) is 0 Å². The number of nitrogens with zero attached hydrogens (tertiary/aromatic N) is 1. The van der Waals surface area contributed by atoms with E-state index < -0.39 is 0 Å². The van der Waals surface area contributed by atoms with Crippen LogP contribution in [0.2, 0.25) is 0 Å². The van der Waals surface area contributed by atoms with Crippen molar-refractivity contribution >= 4 is 0 Å². The minimum absolute atomic E-state index is 0.931. The Bertz CT molecular complexity index is 87.8. The molecule has 1 saturated heterocycles. The highest BCUT2D eigenvalue weighted by molar-refractivity contribution is 4.59. The Labute approximate surface area is 76.2 Å². The van der Waals surface area contributed by atoms with Crippen molar-refractivity contribution in [1.82, 2.24) is 4.90 Å². The summed E-state index contributed by atoms with van der Waals surface area (Å²) < 4.78 is 5.33. The van der Waals surface area contributed by atoms with Gasteiger partial charge in [-0.05, 0) is 19.4 Å². The molecule has 0 amide bonds. The Hall–Kier alpha value is -0.340. The summed E-state index contributed by atoms with van der Waals surface area (Å²) in [4.78, 5) is 2.48. The van der Waals surface area contributed by atoms with Gasteiger partial charge >= 0.3 is 0 Å². The third-order valence-corrected chi connectivity index (χ3v) is 1.85. The van der Waals surface area contributed by atoms with Gasteiger partial charge in [-0.25, -0.2) is 0 Å². The highest BCUT2D eigenvalue weighted by Crippen LogP contribution is 1.98. The zero-order valence-corrected chi connectivity index (χ0v) is 8.22. The van der Waals surface area contributed by atoms with Gasteiger partial charge in [-0.3, -0.25) is 0 Å². The van der Waals surface area contributed by atoms with Crippen LogP contribution in [0.1, 0.15) is 19.8 Å². The van der Waals surface area contributed by atoms with E-state index in [2.05, 4.69) is 25.0 Å². The van der Waals surface area contributed by atoms with E-state index >= 15 is 0 Å². The van der Waals surface area contributed by atoms with Gasteiger partial charge in [0.1, 0.15) is 0 Å². The summed E-state index contributed by atoms with van der Waals surface area (Å²) >= 11 is 0. The van der Waals surface area contributed by atoms with Crippen molar-refractivity contribution in [1.29, 1.82) is 0 Å². The monoisotopic (exact) mass is 171 g/mol. The molecule has 0 N–H and O–H groups in total. The lowest BCUT2D eigenvalue weighted by Crippen LogP contribution is -2.26. The molecule has 0 aliphatic carbocycles. The first-order valence-corrected chi connectivity index (χ1v) is 4.73. The zero-order valence-electron chi connectivity index (χ0n) is 8.22. The van der Waals surface area contributed by atoms with Gasteiger partial charge in [0, 0.05) is 19.7 Å². The topological polar surface area (TPSA) is 12.5 Å². The first kappa shape index (κ1) is 11.7. The minimum atomic E-state index is 0.931. The second-order valence-corrected chi connectivity index (χ2v) is 2.81. The predicted molar refractivity (Wildman–Crippen MR) is 53.4 cm³/mol. The summed E-state index contributed by atoms with van der Waals surface area (Å²) in [7, 11) is 0. The van der Waals surface area contributed by atoms with Crippen LogP contribution in [0.25, 0.3) is 0 Å². The van der Waals surface area contributed by atoms with Crippen LogP contribution in [-0.2, 0) is 4.74 Å². The number of rotatable bonds is 2.